The molecule has 5 rings (SSSR count). The molecule has 0 unspecified atom stereocenters. The van der Waals surface area contributed by atoms with Crippen LogP contribution in [0, 0.1) is 10.1 Å². The van der Waals surface area contributed by atoms with Crippen LogP contribution in [0.5, 0.6) is 0 Å². The van der Waals surface area contributed by atoms with Gasteiger partial charge in [-0.1, -0.05) is 12.1 Å². The van der Waals surface area contributed by atoms with Gasteiger partial charge in [-0.15, -0.1) is 22.7 Å². The number of rotatable bonds is 3. The summed E-state index contributed by atoms with van der Waals surface area (Å²) in [5.74, 6) is 0.307. The summed E-state index contributed by atoms with van der Waals surface area (Å²) in [5, 5.41) is 14.1. The van der Waals surface area contributed by atoms with Gasteiger partial charge in [0.05, 0.1) is 21.6 Å². The van der Waals surface area contributed by atoms with E-state index in [0.717, 1.165) is 41.5 Å². The molecule has 0 spiro atoms. The van der Waals surface area contributed by atoms with Crippen LogP contribution in [0.1, 0.15) is 23.3 Å². The number of hydrogen-bond acceptors (Lipinski definition) is 7. The van der Waals surface area contributed by atoms with E-state index in [1.165, 1.54) is 28.3 Å². The lowest BCUT2D eigenvalue weighted by molar-refractivity contribution is -0.384. The van der Waals surface area contributed by atoms with Gasteiger partial charge in [0.25, 0.3) is 5.69 Å². The van der Waals surface area contributed by atoms with Gasteiger partial charge in [-0.05, 0) is 31.2 Å². The fourth-order valence-corrected chi connectivity index (χ4v) is 6.02. The molecular weight excluding hydrogens is 408 g/mol. The number of nitrogen functional groups attached to an aromatic ring is 1. The van der Waals surface area contributed by atoms with Crippen LogP contribution in [0.3, 0.4) is 0 Å². The number of nitrogens with two attached hydrogens (primary N) is 1. The Morgan fingerprint density at radius 3 is 2.90 bits per heavy atom. The Hall–Kier alpha value is -3.04. The molecule has 0 saturated heterocycles. The van der Waals surface area contributed by atoms with Crippen LogP contribution >= 0.6 is 22.7 Å². The maximum Gasteiger partial charge on any atom is 0.270 e. The van der Waals surface area contributed by atoms with E-state index in [-0.39, 0.29) is 11.1 Å². The molecule has 4 aromatic rings. The topological polar surface area (TPSA) is 115 Å². The predicted octanol–water partition coefficient (Wildman–Crippen LogP) is 4.75. The number of thiophene rings is 1. The quantitative estimate of drug-likeness (QED) is 0.364. The van der Waals surface area contributed by atoms with Crippen molar-refractivity contribution >= 4 is 44.4 Å². The number of nitro benzene ring substituents is 1. The van der Waals surface area contributed by atoms with E-state index in [0.29, 0.717) is 27.6 Å². The number of aromatic nitrogens is 2. The third-order valence-corrected chi connectivity index (χ3v) is 7.28. The van der Waals surface area contributed by atoms with Crippen molar-refractivity contribution < 1.29 is 4.92 Å². The fourth-order valence-electron chi connectivity index (χ4n) is 3.84. The molecule has 0 fully saturated rings. The molecule has 1 aromatic carbocycles. The summed E-state index contributed by atoms with van der Waals surface area (Å²) >= 11 is 2.93. The van der Waals surface area contributed by atoms with Gasteiger partial charge in [-0.3, -0.25) is 14.9 Å². The van der Waals surface area contributed by atoms with Gasteiger partial charge >= 0.3 is 0 Å². The van der Waals surface area contributed by atoms with Crippen molar-refractivity contribution in [2.75, 3.05) is 5.73 Å². The summed E-state index contributed by atoms with van der Waals surface area (Å²) in [6, 6.07) is 6.30. The average molecular weight is 425 g/mol. The van der Waals surface area contributed by atoms with Gasteiger partial charge < -0.3 is 10.7 Å². The number of H-pyrrole nitrogens is 1. The Balaban J connectivity index is 1.65. The van der Waals surface area contributed by atoms with Crippen molar-refractivity contribution in [3.8, 4) is 21.8 Å². The Labute approximate surface area is 173 Å². The van der Waals surface area contributed by atoms with E-state index in [4.69, 9.17) is 5.73 Å². The van der Waals surface area contributed by atoms with Gasteiger partial charge in [-0.25, -0.2) is 4.98 Å². The smallest absolute Gasteiger partial charge is 0.270 e. The summed E-state index contributed by atoms with van der Waals surface area (Å²) < 4.78 is 0. The van der Waals surface area contributed by atoms with Crippen LogP contribution in [-0.2, 0) is 12.8 Å². The molecule has 1 aliphatic carbocycles. The van der Waals surface area contributed by atoms with Gasteiger partial charge in [-0.2, -0.15) is 0 Å². The Morgan fingerprint density at radius 1 is 1.24 bits per heavy atom. The fraction of sp³-hybridized carbons (Fsp3) is 0.200. The van der Waals surface area contributed by atoms with E-state index < -0.39 is 4.92 Å². The van der Waals surface area contributed by atoms with Crippen molar-refractivity contribution in [3.05, 3.63) is 60.4 Å². The second-order valence-corrected chi connectivity index (χ2v) is 8.97. The molecule has 0 radical (unpaired) electrons. The molecular formula is C20H16N4O3S2. The SMILES string of the molecule is Nc1[nH]c2sc3c(c2c(=O)c1-c1nc(-c2cccc([N+](=O)[O-])c2)cs1)CCCC3. The Bertz CT molecular complexity index is 1340. The summed E-state index contributed by atoms with van der Waals surface area (Å²) in [5.41, 5.74) is 8.87. The normalized spacial score (nSPS) is 13.5. The zero-order valence-electron chi connectivity index (χ0n) is 15.2. The number of nitrogens with zero attached hydrogens (tertiary/aromatic N) is 2. The first-order chi connectivity index (χ1) is 14.0. The zero-order chi connectivity index (χ0) is 20.1. The number of hydrogen-bond donors (Lipinski definition) is 2. The highest BCUT2D eigenvalue weighted by atomic mass is 32.1. The van der Waals surface area contributed by atoms with Crippen LogP contribution in [-0.4, -0.2) is 14.9 Å². The first kappa shape index (κ1) is 18.0. The highest BCUT2D eigenvalue weighted by Gasteiger charge is 2.23. The number of non-ortho nitro benzene ring substituents is 1. The number of aryl methyl sites for hydroxylation is 2. The maximum atomic E-state index is 13.4. The second kappa shape index (κ2) is 6.78. The number of nitrogens with one attached hydrogen (secondary N) is 1. The average Bonchev–Trinajstić information content (AvgIpc) is 3.32. The minimum atomic E-state index is -0.437. The van der Waals surface area contributed by atoms with E-state index in [2.05, 4.69) is 9.97 Å². The van der Waals surface area contributed by atoms with E-state index >= 15 is 0 Å². The van der Waals surface area contributed by atoms with Crippen LogP contribution in [0.2, 0.25) is 0 Å². The van der Waals surface area contributed by atoms with Gasteiger partial charge in [0, 0.05) is 28.0 Å². The standard InChI is InChI=1S/C20H16N4O3S2/c21-18-16(17(25)15-12-6-1-2-7-14(12)29-20(15)23-18)19-22-13(9-28-19)10-4-3-5-11(8-10)24(26)27/h3-5,8-9H,1-2,6-7H2,(H3,21,23,25). The highest BCUT2D eigenvalue weighted by Crippen LogP contribution is 2.37. The number of aromatic amines is 1. The van der Waals surface area contributed by atoms with Crippen LogP contribution in [0.25, 0.3) is 32.0 Å². The minimum absolute atomic E-state index is 0.000678. The van der Waals surface area contributed by atoms with Crippen molar-refractivity contribution in [1.29, 1.82) is 0 Å². The number of benzene rings is 1. The molecule has 0 aliphatic heterocycles. The van der Waals surface area contributed by atoms with Gasteiger partial charge in [0.2, 0.25) is 5.43 Å². The third kappa shape index (κ3) is 2.93. The van der Waals surface area contributed by atoms with Crippen LogP contribution < -0.4 is 11.2 Å². The molecule has 9 heteroatoms. The molecule has 0 amide bonds. The largest absolute Gasteiger partial charge is 0.385 e. The first-order valence-electron chi connectivity index (χ1n) is 9.19. The van der Waals surface area contributed by atoms with Crippen molar-refractivity contribution in [3.63, 3.8) is 0 Å². The Morgan fingerprint density at radius 2 is 2.07 bits per heavy atom. The van der Waals surface area contributed by atoms with E-state index in [1.54, 1.807) is 28.8 Å². The predicted molar refractivity (Wildman–Crippen MR) is 117 cm³/mol. The number of pyridine rings is 1. The lowest BCUT2D eigenvalue weighted by Gasteiger charge is -2.10. The number of fused-ring (bicyclic) bond motifs is 3. The van der Waals surface area contributed by atoms with Crippen molar-refractivity contribution in [2.24, 2.45) is 0 Å². The number of nitro groups is 1. The lowest BCUT2D eigenvalue weighted by atomic mass is 9.96. The molecule has 0 atom stereocenters. The number of anilines is 1. The van der Waals surface area contributed by atoms with Gasteiger partial charge in [0.1, 0.15) is 15.7 Å². The van der Waals surface area contributed by atoms with E-state index in [9.17, 15) is 14.9 Å². The van der Waals surface area contributed by atoms with Gasteiger partial charge in [0.15, 0.2) is 0 Å². The monoisotopic (exact) mass is 424 g/mol. The molecule has 1 aliphatic rings. The van der Waals surface area contributed by atoms with Crippen LogP contribution in [0.4, 0.5) is 11.5 Å². The summed E-state index contributed by atoms with van der Waals surface area (Å²) in [7, 11) is 0. The second-order valence-electron chi connectivity index (χ2n) is 7.00. The maximum absolute atomic E-state index is 13.4. The summed E-state index contributed by atoms with van der Waals surface area (Å²) in [6.45, 7) is 0. The summed E-state index contributed by atoms with van der Waals surface area (Å²) in [4.78, 5) is 33.8. The van der Waals surface area contributed by atoms with Crippen molar-refractivity contribution in [2.45, 2.75) is 25.7 Å². The molecule has 7 nitrogen and oxygen atoms in total. The molecule has 3 N–H and O–H groups in total. The zero-order valence-corrected chi connectivity index (χ0v) is 16.9. The highest BCUT2D eigenvalue weighted by molar-refractivity contribution is 7.19. The van der Waals surface area contributed by atoms with Crippen LogP contribution in [0.15, 0.2) is 34.4 Å². The summed E-state index contributed by atoms with van der Waals surface area (Å²) in [6.07, 6.45) is 4.16. The number of thiazole rings is 1. The van der Waals surface area contributed by atoms with Crippen molar-refractivity contribution in [1.82, 2.24) is 9.97 Å². The molecule has 0 bridgehead atoms. The molecule has 3 aromatic heterocycles. The van der Waals surface area contributed by atoms with E-state index in [1.807, 2.05) is 0 Å². The first-order valence-corrected chi connectivity index (χ1v) is 10.9. The third-order valence-electron chi connectivity index (χ3n) is 5.21. The Kier molecular flexibility index (Phi) is 4.21. The molecule has 0 saturated carbocycles. The molecule has 29 heavy (non-hydrogen) atoms. The lowest BCUT2D eigenvalue weighted by Crippen LogP contribution is -2.12. The minimum Gasteiger partial charge on any atom is -0.385 e. The molecule has 3 heterocycles. The molecule has 146 valence electrons.